The van der Waals surface area contributed by atoms with Crippen LogP contribution in [-0.4, -0.2) is 41.1 Å². The van der Waals surface area contributed by atoms with Crippen LogP contribution in [0.2, 0.25) is 0 Å². The van der Waals surface area contributed by atoms with Crippen LogP contribution in [0, 0.1) is 11.3 Å². The van der Waals surface area contributed by atoms with Crippen molar-refractivity contribution in [3.05, 3.63) is 0 Å². The zero-order chi connectivity index (χ0) is 5.41. The predicted octanol–water partition coefficient (Wildman–Crippen LogP) is -0.418. The van der Waals surface area contributed by atoms with E-state index in [1.54, 1.807) is 6.07 Å². The van der Waals surface area contributed by atoms with Crippen LogP contribution < -0.4 is 0 Å². The van der Waals surface area contributed by atoms with Crippen molar-refractivity contribution in [2.24, 2.45) is 0 Å². The van der Waals surface area contributed by atoms with Crippen LogP contribution in [0.15, 0.2) is 0 Å². The zero-order valence-corrected chi connectivity index (χ0v) is 3.38. The molecule has 0 aromatic rings. The zero-order valence-electron chi connectivity index (χ0n) is 3.38. The van der Waals surface area contributed by atoms with Crippen LogP contribution >= 0.6 is 0 Å². The van der Waals surface area contributed by atoms with Crippen molar-refractivity contribution >= 4 is 36.0 Å². The van der Waals surface area contributed by atoms with E-state index < -0.39 is 0 Å². The second-order valence-electron chi connectivity index (χ2n) is 0.329. The number of carbonyl (C=O) groups is 1. The second-order valence-corrected chi connectivity index (χ2v) is 0.329. The monoisotopic (exact) mass is 111 g/mol. The fourth-order valence-corrected chi connectivity index (χ4v) is 0. The van der Waals surface area contributed by atoms with Crippen LogP contribution in [0.3, 0.4) is 0 Å². The summed E-state index contributed by atoms with van der Waals surface area (Å²) < 4.78 is 0. The fourth-order valence-electron chi connectivity index (χ4n) is 0. The van der Waals surface area contributed by atoms with Gasteiger partial charge in [0.1, 0.15) is 0 Å². The van der Waals surface area contributed by atoms with Gasteiger partial charge >= 0.3 is 29.6 Å². The molecular formula is C3H6NNaO2. The average Bonchev–Trinajstić information content (AvgIpc) is 1.39. The molecule has 0 radical (unpaired) electrons. The van der Waals surface area contributed by atoms with Crippen molar-refractivity contribution in [2.75, 3.05) is 0 Å². The Morgan fingerprint density at radius 3 is 1.86 bits per heavy atom. The Morgan fingerprint density at radius 1 is 1.86 bits per heavy atom. The van der Waals surface area contributed by atoms with E-state index >= 15 is 0 Å². The van der Waals surface area contributed by atoms with Gasteiger partial charge in [0.15, 0.2) is 0 Å². The number of rotatable bonds is 0. The van der Waals surface area contributed by atoms with Crippen LogP contribution in [0.1, 0.15) is 6.92 Å². The molecule has 0 amide bonds. The molecule has 0 saturated heterocycles. The molecule has 0 saturated carbocycles. The van der Waals surface area contributed by atoms with Gasteiger partial charge in [0.05, 0.1) is 6.07 Å². The Balaban J connectivity index is -0.0000000400. The molecule has 0 heterocycles. The molecule has 0 unspecified atom stereocenters. The second kappa shape index (κ2) is 38.2. The summed E-state index contributed by atoms with van der Waals surface area (Å²) in [4.78, 5) is 8.36. The summed E-state index contributed by atoms with van der Waals surface area (Å²) in [5.41, 5.74) is 0. The van der Waals surface area contributed by atoms with Gasteiger partial charge in [0, 0.05) is 6.92 Å². The van der Waals surface area contributed by atoms with E-state index in [-0.39, 0.29) is 36.0 Å². The van der Waals surface area contributed by atoms with Crippen LogP contribution in [0.25, 0.3) is 0 Å². The van der Waals surface area contributed by atoms with Crippen LogP contribution in [0.5, 0.6) is 0 Å². The van der Waals surface area contributed by atoms with Gasteiger partial charge in [0.2, 0.25) is 0 Å². The summed E-state index contributed by atoms with van der Waals surface area (Å²) in [6, 6.07) is 1.75. The molecule has 0 aromatic heterocycles. The Labute approximate surface area is 64.2 Å². The molecular weight excluding hydrogens is 105 g/mol. The molecule has 7 heavy (non-hydrogen) atoms. The Morgan fingerprint density at radius 2 is 1.86 bits per heavy atom. The summed E-state index contributed by atoms with van der Waals surface area (Å²) >= 11 is 0. The third-order valence-corrected chi connectivity index (χ3v) is 0. The van der Waals surface area contributed by atoms with E-state index in [9.17, 15) is 0 Å². The van der Waals surface area contributed by atoms with Gasteiger partial charge < -0.3 is 5.11 Å². The topological polar surface area (TPSA) is 61.1 Å². The molecule has 0 atom stereocenters. The van der Waals surface area contributed by atoms with Crippen LogP contribution in [-0.2, 0) is 4.79 Å². The van der Waals surface area contributed by atoms with E-state index in [4.69, 9.17) is 15.2 Å². The predicted molar refractivity (Wildman–Crippen MR) is 27.1 cm³/mol. The Bertz CT molecular complexity index is 58.4. The quantitative estimate of drug-likeness (QED) is 0.341. The van der Waals surface area contributed by atoms with Crippen molar-refractivity contribution < 1.29 is 9.90 Å². The Kier molecular flexibility index (Phi) is 86.0. The van der Waals surface area contributed by atoms with Gasteiger partial charge in [-0.1, -0.05) is 0 Å². The number of nitrogens with zero attached hydrogens (tertiary/aromatic N) is 1. The van der Waals surface area contributed by atoms with E-state index in [1.165, 1.54) is 6.92 Å². The molecule has 0 fully saturated rings. The summed E-state index contributed by atoms with van der Waals surface area (Å²) in [5, 5.41) is 14.2. The molecule has 0 bridgehead atoms. The first kappa shape index (κ1) is 15.8. The maximum atomic E-state index is 8.36. The van der Waals surface area contributed by atoms with E-state index in [0.29, 0.717) is 0 Å². The van der Waals surface area contributed by atoms with Gasteiger partial charge in [-0.25, -0.2) is 0 Å². The number of carboxylic acid groups (broad SMARTS) is 1. The molecule has 4 heteroatoms. The minimum atomic E-state index is -0.250. The molecule has 0 rings (SSSR count). The first-order chi connectivity index (χ1) is 2.83. The Hall–Kier alpha value is -0.0400. The van der Waals surface area contributed by atoms with Gasteiger partial charge in [-0.05, 0) is 0 Å². The van der Waals surface area contributed by atoms with Crippen LogP contribution in [0.4, 0.5) is 0 Å². The van der Waals surface area contributed by atoms with E-state index in [0.717, 1.165) is 0 Å². The van der Waals surface area contributed by atoms with Gasteiger partial charge in [0.25, 0.3) is 6.47 Å². The number of nitriles is 1. The molecule has 0 aliphatic carbocycles. The molecule has 1 N–H and O–H groups in total. The van der Waals surface area contributed by atoms with Crippen molar-refractivity contribution in [1.82, 2.24) is 0 Å². The van der Waals surface area contributed by atoms with Crippen molar-refractivity contribution in [2.45, 2.75) is 6.92 Å². The standard InChI is InChI=1S/C2H3N.CH2O2.Na.H/c1-2-3;2-1-3;;/h1H3;1H,(H,2,3);;. The molecule has 36 valence electrons. The summed E-state index contributed by atoms with van der Waals surface area (Å²) in [6.45, 7) is 1.18. The molecule has 0 aliphatic heterocycles. The SMILES string of the molecule is CC#N.O=CO.[NaH]. The number of hydrogen-bond acceptors (Lipinski definition) is 2. The molecule has 0 spiro atoms. The number of hydrogen-bond donors (Lipinski definition) is 1. The summed E-state index contributed by atoms with van der Waals surface area (Å²) in [6.07, 6.45) is 0. The van der Waals surface area contributed by atoms with Gasteiger partial charge in [-0.3, -0.25) is 4.79 Å². The maximum absolute atomic E-state index is 8.36. The molecule has 3 nitrogen and oxygen atoms in total. The normalized spacial score (nSPS) is 2.86. The van der Waals surface area contributed by atoms with E-state index in [1.807, 2.05) is 0 Å². The third-order valence-electron chi connectivity index (χ3n) is 0. The van der Waals surface area contributed by atoms with Gasteiger partial charge in [-0.2, -0.15) is 5.26 Å². The first-order valence-corrected chi connectivity index (χ1v) is 1.22. The minimum absolute atomic E-state index is 0. The van der Waals surface area contributed by atoms with E-state index in [2.05, 4.69) is 0 Å². The average molecular weight is 111 g/mol. The third kappa shape index (κ3) is 58400. The van der Waals surface area contributed by atoms with Gasteiger partial charge in [-0.15, -0.1) is 0 Å². The summed E-state index contributed by atoms with van der Waals surface area (Å²) in [7, 11) is 0. The fraction of sp³-hybridized carbons (Fsp3) is 0.333. The first-order valence-electron chi connectivity index (χ1n) is 1.22. The summed E-state index contributed by atoms with van der Waals surface area (Å²) in [5.74, 6) is 0. The molecule has 0 aromatic carbocycles. The molecule has 0 aliphatic rings. The van der Waals surface area contributed by atoms with Crippen molar-refractivity contribution in [3.63, 3.8) is 0 Å². The van der Waals surface area contributed by atoms with Crippen molar-refractivity contribution in [3.8, 4) is 6.07 Å². The van der Waals surface area contributed by atoms with Crippen molar-refractivity contribution in [1.29, 1.82) is 5.26 Å².